The molecule has 0 unspecified atom stereocenters. The predicted molar refractivity (Wildman–Crippen MR) is 84.5 cm³/mol. The summed E-state index contributed by atoms with van der Waals surface area (Å²) in [5.74, 6) is 1.72. The third-order valence-corrected chi connectivity index (χ3v) is 3.72. The summed E-state index contributed by atoms with van der Waals surface area (Å²) in [6.45, 7) is 1.72. The number of carbonyl (C=O) groups excluding carboxylic acids is 1. The van der Waals surface area contributed by atoms with Crippen molar-refractivity contribution < 1.29 is 14.3 Å². The number of hydrogen-bond acceptors (Lipinski definition) is 3. The Morgan fingerprint density at radius 1 is 1.23 bits per heavy atom. The fourth-order valence-corrected chi connectivity index (χ4v) is 2.46. The van der Waals surface area contributed by atoms with Gasteiger partial charge < -0.3 is 14.4 Å². The molecule has 2 aromatic carbocycles. The number of para-hydroxylation sites is 1. The van der Waals surface area contributed by atoms with Crippen molar-refractivity contribution in [2.24, 2.45) is 0 Å². The average Bonchev–Trinajstić information content (AvgIpc) is 3.02. The highest BCUT2D eigenvalue weighted by Gasteiger charge is 2.17. The maximum absolute atomic E-state index is 12.4. The maximum Gasteiger partial charge on any atom is 0.253 e. The van der Waals surface area contributed by atoms with Crippen molar-refractivity contribution in [1.82, 2.24) is 4.90 Å². The highest BCUT2D eigenvalue weighted by Crippen LogP contribution is 2.26. The van der Waals surface area contributed by atoms with E-state index in [4.69, 9.17) is 9.47 Å². The van der Waals surface area contributed by atoms with Crippen molar-refractivity contribution in [3.63, 3.8) is 0 Å². The van der Waals surface area contributed by atoms with Gasteiger partial charge in [-0.1, -0.05) is 18.2 Å². The number of benzene rings is 2. The average molecular weight is 297 g/mol. The Hall–Kier alpha value is -2.49. The zero-order chi connectivity index (χ0) is 15.4. The molecule has 0 spiro atoms. The van der Waals surface area contributed by atoms with Gasteiger partial charge in [0.15, 0.2) is 0 Å². The number of nitrogens with zero attached hydrogens (tertiary/aromatic N) is 1. The second-order valence-corrected chi connectivity index (χ2v) is 5.31. The second kappa shape index (κ2) is 6.52. The Morgan fingerprint density at radius 3 is 2.86 bits per heavy atom. The molecule has 2 aromatic rings. The molecular weight excluding hydrogens is 278 g/mol. The molecule has 1 heterocycles. The van der Waals surface area contributed by atoms with Crippen LogP contribution in [0.1, 0.15) is 15.9 Å². The van der Waals surface area contributed by atoms with Crippen molar-refractivity contribution in [3.05, 3.63) is 59.7 Å². The lowest BCUT2D eigenvalue weighted by Gasteiger charge is -2.18. The van der Waals surface area contributed by atoms with Gasteiger partial charge in [-0.2, -0.15) is 0 Å². The van der Waals surface area contributed by atoms with Crippen molar-refractivity contribution in [1.29, 1.82) is 0 Å². The summed E-state index contributed by atoms with van der Waals surface area (Å²) in [5, 5.41) is 0. The smallest absolute Gasteiger partial charge is 0.253 e. The first-order chi connectivity index (χ1) is 10.7. The number of carbonyl (C=O) groups is 1. The van der Waals surface area contributed by atoms with E-state index < -0.39 is 0 Å². The topological polar surface area (TPSA) is 38.8 Å². The van der Waals surface area contributed by atoms with Crippen molar-refractivity contribution in [3.8, 4) is 11.5 Å². The molecular formula is C18H19NO3. The minimum Gasteiger partial charge on any atom is -0.493 e. The molecule has 0 N–H and O–H groups in total. The molecule has 22 heavy (non-hydrogen) atoms. The van der Waals surface area contributed by atoms with E-state index in [1.54, 1.807) is 11.9 Å². The highest BCUT2D eigenvalue weighted by atomic mass is 16.5. The van der Waals surface area contributed by atoms with Crippen molar-refractivity contribution in [2.45, 2.75) is 6.42 Å². The monoisotopic (exact) mass is 297 g/mol. The maximum atomic E-state index is 12.4. The van der Waals surface area contributed by atoms with Crippen LogP contribution in [0.2, 0.25) is 0 Å². The normalized spacial score (nSPS) is 12.4. The van der Waals surface area contributed by atoms with Crippen LogP contribution in [0.25, 0.3) is 0 Å². The molecule has 0 bridgehead atoms. The van der Waals surface area contributed by atoms with Gasteiger partial charge in [0.2, 0.25) is 0 Å². The highest BCUT2D eigenvalue weighted by molar-refractivity contribution is 5.94. The van der Waals surface area contributed by atoms with Gasteiger partial charge in [-0.3, -0.25) is 4.79 Å². The molecule has 4 heteroatoms. The molecule has 1 aliphatic heterocycles. The summed E-state index contributed by atoms with van der Waals surface area (Å²) in [6, 6.07) is 15.2. The van der Waals surface area contributed by atoms with Gasteiger partial charge in [-0.25, -0.2) is 0 Å². The SMILES string of the molecule is CN(CCOc1ccccc1)C(=O)c1ccc2c(c1)CCO2. The van der Waals surface area contributed by atoms with Crippen LogP contribution >= 0.6 is 0 Å². The molecule has 1 amide bonds. The van der Waals surface area contributed by atoms with E-state index >= 15 is 0 Å². The molecule has 0 saturated heterocycles. The first-order valence-corrected chi connectivity index (χ1v) is 7.43. The summed E-state index contributed by atoms with van der Waals surface area (Å²) in [6.07, 6.45) is 0.872. The van der Waals surface area contributed by atoms with Crippen LogP contribution in [-0.4, -0.2) is 37.6 Å². The standard InChI is InChI=1S/C18H19NO3/c1-19(10-12-21-16-5-3-2-4-6-16)18(20)15-7-8-17-14(13-15)9-11-22-17/h2-8,13H,9-12H2,1H3. The minimum atomic E-state index is 0.00589. The molecule has 0 fully saturated rings. The number of likely N-dealkylation sites (N-methyl/N-ethyl adjacent to an activating group) is 1. The van der Waals surface area contributed by atoms with Crippen LogP contribution in [0, 0.1) is 0 Å². The number of hydrogen-bond donors (Lipinski definition) is 0. The zero-order valence-electron chi connectivity index (χ0n) is 12.6. The van der Waals surface area contributed by atoms with Crippen LogP contribution < -0.4 is 9.47 Å². The molecule has 1 aliphatic rings. The van der Waals surface area contributed by atoms with Gasteiger partial charge in [-0.15, -0.1) is 0 Å². The summed E-state index contributed by atoms with van der Waals surface area (Å²) in [4.78, 5) is 14.1. The molecule has 0 atom stereocenters. The van der Waals surface area contributed by atoms with E-state index in [0.717, 1.165) is 23.5 Å². The van der Waals surface area contributed by atoms with E-state index in [9.17, 15) is 4.79 Å². The summed E-state index contributed by atoms with van der Waals surface area (Å²) in [5.41, 5.74) is 1.81. The van der Waals surface area contributed by atoms with Crippen LogP contribution in [0.3, 0.4) is 0 Å². The summed E-state index contributed by atoms with van der Waals surface area (Å²) >= 11 is 0. The molecule has 0 radical (unpaired) electrons. The van der Waals surface area contributed by atoms with Gasteiger partial charge in [0.25, 0.3) is 5.91 Å². The Kier molecular flexibility index (Phi) is 4.28. The number of ether oxygens (including phenoxy) is 2. The molecule has 0 aliphatic carbocycles. The lowest BCUT2D eigenvalue weighted by atomic mass is 10.1. The van der Waals surface area contributed by atoms with Crippen LogP contribution in [-0.2, 0) is 6.42 Å². The second-order valence-electron chi connectivity index (χ2n) is 5.31. The molecule has 3 rings (SSSR count). The predicted octanol–water partition coefficient (Wildman–Crippen LogP) is 2.77. The third kappa shape index (κ3) is 3.22. The lowest BCUT2D eigenvalue weighted by Crippen LogP contribution is -2.30. The first kappa shape index (κ1) is 14.4. The van der Waals surface area contributed by atoms with Crippen LogP contribution in [0.15, 0.2) is 48.5 Å². The molecule has 0 aromatic heterocycles. The fourth-order valence-electron chi connectivity index (χ4n) is 2.46. The van der Waals surface area contributed by atoms with Gasteiger partial charge in [0.1, 0.15) is 18.1 Å². The van der Waals surface area contributed by atoms with Gasteiger partial charge >= 0.3 is 0 Å². The quantitative estimate of drug-likeness (QED) is 0.852. The van der Waals surface area contributed by atoms with E-state index in [0.29, 0.717) is 25.3 Å². The third-order valence-electron chi connectivity index (χ3n) is 3.72. The first-order valence-electron chi connectivity index (χ1n) is 7.43. The van der Waals surface area contributed by atoms with E-state index in [-0.39, 0.29) is 5.91 Å². The zero-order valence-corrected chi connectivity index (χ0v) is 12.6. The largest absolute Gasteiger partial charge is 0.493 e. The lowest BCUT2D eigenvalue weighted by molar-refractivity contribution is 0.0773. The molecule has 114 valence electrons. The van der Waals surface area contributed by atoms with E-state index in [2.05, 4.69) is 0 Å². The van der Waals surface area contributed by atoms with Gasteiger partial charge in [0, 0.05) is 19.0 Å². The minimum absolute atomic E-state index is 0.00589. The Morgan fingerprint density at radius 2 is 2.05 bits per heavy atom. The van der Waals surface area contributed by atoms with Crippen molar-refractivity contribution in [2.75, 3.05) is 26.8 Å². The number of rotatable bonds is 5. The van der Waals surface area contributed by atoms with E-state index in [1.807, 2.05) is 48.5 Å². The summed E-state index contributed by atoms with van der Waals surface area (Å²) < 4.78 is 11.1. The number of fused-ring (bicyclic) bond motifs is 1. The summed E-state index contributed by atoms with van der Waals surface area (Å²) in [7, 11) is 1.79. The Labute approximate surface area is 130 Å². The van der Waals surface area contributed by atoms with Gasteiger partial charge in [0.05, 0.1) is 13.2 Å². The Balaban J connectivity index is 1.55. The molecule has 4 nitrogen and oxygen atoms in total. The van der Waals surface area contributed by atoms with Crippen LogP contribution in [0.5, 0.6) is 11.5 Å². The van der Waals surface area contributed by atoms with Gasteiger partial charge in [-0.05, 0) is 35.9 Å². The molecule has 0 saturated carbocycles. The van der Waals surface area contributed by atoms with E-state index in [1.165, 1.54) is 0 Å². The number of amides is 1. The van der Waals surface area contributed by atoms with Crippen LogP contribution in [0.4, 0.5) is 0 Å². The Bertz CT molecular complexity index is 655. The van der Waals surface area contributed by atoms with Crippen molar-refractivity contribution >= 4 is 5.91 Å². The fraction of sp³-hybridized carbons (Fsp3) is 0.278.